The van der Waals surface area contributed by atoms with Crippen molar-refractivity contribution < 1.29 is 4.52 Å². The van der Waals surface area contributed by atoms with Crippen LogP contribution in [0.25, 0.3) is 0 Å². The third-order valence-corrected chi connectivity index (χ3v) is 7.06. The molecule has 3 rings (SSSR count). The van der Waals surface area contributed by atoms with Crippen LogP contribution in [0.5, 0.6) is 0 Å². The van der Waals surface area contributed by atoms with Crippen molar-refractivity contribution in [1.29, 1.82) is 0 Å². The molecule has 0 aliphatic carbocycles. The van der Waals surface area contributed by atoms with Gasteiger partial charge in [-0.1, -0.05) is 18.1 Å². The van der Waals surface area contributed by atoms with E-state index in [2.05, 4.69) is 17.1 Å². The molecule has 3 heterocycles. The summed E-state index contributed by atoms with van der Waals surface area (Å²) < 4.78 is 5.35. The molecule has 19 heavy (non-hydrogen) atoms. The first-order chi connectivity index (χ1) is 9.25. The molecular weight excluding hydrogens is 298 g/mol. The molecule has 1 fully saturated rings. The highest BCUT2D eigenvalue weighted by molar-refractivity contribution is 8.06. The zero-order chi connectivity index (χ0) is 13.2. The second-order valence-electron chi connectivity index (χ2n) is 4.35. The molecule has 4 nitrogen and oxygen atoms in total. The molecule has 102 valence electrons. The van der Waals surface area contributed by atoms with E-state index in [1.165, 1.54) is 5.75 Å². The number of rotatable bonds is 3. The van der Waals surface area contributed by atoms with E-state index in [4.69, 9.17) is 10.3 Å². The summed E-state index contributed by atoms with van der Waals surface area (Å²) in [6.45, 7) is 2.22. The summed E-state index contributed by atoms with van der Waals surface area (Å²) in [6, 6.07) is 3.66. The highest BCUT2D eigenvalue weighted by Crippen LogP contribution is 2.41. The van der Waals surface area contributed by atoms with Crippen molar-refractivity contribution in [2.75, 3.05) is 11.5 Å². The number of thioether (sulfide) groups is 2. The van der Waals surface area contributed by atoms with E-state index in [0.717, 1.165) is 16.5 Å². The van der Waals surface area contributed by atoms with Crippen LogP contribution in [-0.4, -0.2) is 26.9 Å². The number of thiophene rings is 1. The van der Waals surface area contributed by atoms with Gasteiger partial charge in [0.1, 0.15) is 6.04 Å². The molecule has 0 spiro atoms. The van der Waals surface area contributed by atoms with Gasteiger partial charge in [-0.15, -0.1) is 23.1 Å². The van der Waals surface area contributed by atoms with Gasteiger partial charge in [0, 0.05) is 21.6 Å². The van der Waals surface area contributed by atoms with Crippen LogP contribution in [0.15, 0.2) is 22.0 Å². The first-order valence-corrected chi connectivity index (χ1v) is 9.09. The van der Waals surface area contributed by atoms with Crippen molar-refractivity contribution in [3.05, 3.63) is 34.1 Å². The second-order valence-corrected chi connectivity index (χ2v) is 8.07. The molecule has 0 amide bonds. The number of hydrogen-bond acceptors (Lipinski definition) is 7. The van der Waals surface area contributed by atoms with Crippen LogP contribution in [0.3, 0.4) is 0 Å². The SMILES string of the molecule is CC1SCCSC1c1noc(C(N)c2cccs2)n1. The predicted octanol–water partition coefficient (Wildman–Crippen LogP) is 3.09. The van der Waals surface area contributed by atoms with Gasteiger partial charge in [0.05, 0.1) is 5.25 Å². The average Bonchev–Trinajstić information content (AvgIpc) is 3.10. The molecule has 7 heteroatoms. The minimum atomic E-state index is -0.308. The Kier molecular flexibility index (Phi) is 4.16. The Labute approximate surface area is 124 Å². The van der Waals surface area contributed by atoms with Crippen molar-refractivity contribution in [2.45, 2.75) is 23.5 Å². The molecular formula is C12H15N3OS3. The number of nitrogens with zero attached hydrogens (tertiary/aromatic N) is 2. The maximum atomic E-state index is 6.14. The first kappa shape index (κ1) is 13.5. The Balaban J connectivity index is 1.79. The highest BCUT2D eigenvalue weighted by atomic mass is 32.2. The Morgan fingerprint density at radius 2 is 2.26 bits per heavy atom. The highest BCUT2D eigenvalue weighted by Gasteiger charge is 2.29. The zero-order valence-corrected chi connectivity index (χ0v) is 12.9. The molecule has 3 unspecified atom stereocenters. The lowest BCUT2D eigenvalue weighted by molar-refractivity contribution is 0.363. The quantitative estimate of drug-likeness (QED) is 0.939. The van der Waals surface area contributed by atoms with Crippen LogP contribution in [0, 0.1) is 0 Å². The summed E-state index contributed by atoms with van der Waals surface area (Å²) in [7, 11) is 0. The third kappa shape index (κ3) is 2.84. The van der Waals surface area contributed by atoms with Gasteiger partial charge in [0.2, 0.25) is 5.89 Å². The smallest absolute Gasteiger partial charge is 0.249 e. The second kappa shape index (κ2) is 5.87. The maximum absolute atomic E-state index is 6.14. The molecule has 1 saturated heterocycles. The van der Waals surface area contributed by atoms with Crippen molar-refractivity contribution in [1.82, 2.24) is 10.1 Å². The van der Waals surface area contributed by atoms with Gasteiger partial charge >= 0.3 is 0 Å². The molecule has 2 aromatic rings. The number of hydrogen-bond donors (Lipinski definition) is 1. The first-order valence-electron chi connectivity index (χ1n) is 6.11. The van der Waals surface area contributed by atoms with Gasteiger partial charge in [0.15, 0.2) is 5.82 Å². The average molecular weight is 313 g/mol. The monoisotopic (exact) mass is 313 g/mol. The molecule has 0 radical (unpaired) electrons. The molecule has 2 N–H and O–H groups in total. The van der Waals surface area contributed by atoms with Crippen LogP contribution in [-0.2, 0) is 0 Å². The van der Waals surface area contributed by atoms with E-state index in [-0.39, 0.29) is 6.04 Å². The summed E-state index contributed by atoms with van der Waals surface area (Å²) in [5.74, 6) is 3.63. The van der Waals surface area contributed by atoms with Gasteiger partial charge in [-0.2, -0.15) is 16.7 Å². The Morgan fingerprint density at radius 3 is 3.00 bits per heavy atom. The summed E-state index contributed by atoms with van der Waals surface area (Å²) in [5, 5.41) is 6.96. The largest absolute Gasteiger partial charge is 0.337 e. The molecule has 2 aromatic heterocycles. The predicted molar refractivity (Wildman–Crippen MR) is 81.8 cm³/mol. The van der Waals surface area contributed by atoms with Crippen LogP contribution >= 0.6 is 34.9 Å². The van der Waals surface area contributed by atoms with Gasteiger partial charge in [-0.25, -0.2) is 0 Å². The lowest BCUT2D eigenvalue weighted by Crippen LogP contribution is -2.17. The van der Waals surface area contributed by atoms with Crippen LogP contribution < -0.4 is 5.73 Å². The standard InChI is InChI=1S/C12H15N3OS3/c1-7-10(19-6-5-17-7)11-14-12(16-15-11)9(13)8-3-2-4-18-8/h2-4,7,9-10H,5-6,13H2,1H3. The summed E-state index contributed by atoms with van der Waals surface area (Å²) >= 11 is 5.48. The zero-order valence-electron chi connectivity index (χ0n) is 10.5. The summed E-state index contributed by atoms with van der Waals surface area (Å²) in [4.78, 5) is 5.56. The van der Waals surface area contributed by atoms with E-state index in [1.54, 1.807) is 11.3 Å². The minimum Gasteiger partial charge on any atom is -0.337 e. The molecule has 1 aliphatic rings. The topological polar surface area (TPSA) is 64.9 Å². The molecule has 0 bridgehead atoms. The van der Waals surface area contributed by atoms with Gasteiger partial charge < -0.3 is 10.3 Å². The Bertz CT molecular complexity index is 528. The fraction of sp³-hybridized carbons (Fsp3) is 0.500. The fourth-order valence-electron chi connectivity index (χ4n) is 2.00. The molecule has 1 aliphatic heterocycles. The molecule has 0 saturated carbocycles. The lowest BCUT2D eigenvalue weighted by Gasteiger charge is -2.24. The molecule has 3 atom stereocenters. The minimum absolute atomic E-state index is 0.308. The Hall–Kier alpha value is -0.500. The van der Waals surface area contributed by atoms with Crippen molar-refractivity contribution in [2.24, 2.45) is 5.73 Å². The van der Waals surface area contributed by atoms with E-state index in [0.29, 0.717) is 16.4 Å². The van der Waals surface area contributed by atoms with Crippen molar-refractivity contribution in [3.63, 3.8) is 0 Å². The van der Waals surface area contributed by atoms with E-state index >= 15 is 0 Å². The van der Waals surface area contributed by atoms with Crippen molar-refractivity contribution >= 4 is 34.9 Å². The third-order valence-electron chi connectivity index (χ3n) is 3.02. The van der Waals surface area contributed by atoms with Crippen molar-refractivity contribution in [3.8, 4) is 0 Å². The van der Waals surface area contributed by atoms with Gasteiger partial charge in [-0.05, 0) is 11.4 Å². The lowest BCUT2D eigenvalue weighted by atomic mass is 10.2. The van der Waals surface area contributed by atoms with Crippen LogP contribution in [0.1, 0.15) is 34.8 Å². The maximum Gasteiger partial charge on any atom is 0.249 e. The van der Waals surface area contributed by atoms with Gasteiger partial charge in [-0.3, -0.25) is 0 Å². The fourth-order valence-corrected chi connectivity index (χ4v) is 5.39. The number of aromatic nitrogens is 2. The van der Waals surface area contributed by atoms with E-state index in [9.17, 15) is 0 Å². The normalized spacial score (nSPS) is 25.4. The molecule has 0 aromatic carbocycles. The Morgan fingerprint density at radius 1 is 1.42 bits per heavy atom. The van der Waals surface area contributed by atoms with Gasteiger partial charge in [0.25, 0.3) is 0 Å². The van der Waals surface area contributed by atoms with Crippen LogP contribution in [0.4, 0.5) is 0 Å². The van der Waals surface area contributed by atoms with E-state index < -0.39 is 0 Å². The summed E-state index contributed by atoms with van der Waals surface area (Å²) in [6.07, 6.45) is 0. The summed E-state index contributed by atoms with van der Waals surface area (Å²) in [5.41, 5.74) is 6.14. The number of nitrogens with two attached hydrogens (primary N) is 1. The van der Waals surface area contributed by atoms with E-state index in [1.807, 2.05) is 41.0 Å². The van der Waals surface area contributed by atoms with Crippen LogP contribution in [0.2, 0.25) is 0 Å².